The number of hydrogen-bond acceptors (Lipinski definition) is 9. The van der Waals surface area contributed by atoms with Crippen LogP contribution in [0.5, 0.6) is 5.75 Å². The Morgan fingerprint density at radius 3 is 2.19 bits per heavy atom. The van der Waals surface area contributed by atoms with Crippen LogP contribution < -0.4 is 15.4 Å². The van der Waals surface area contributed by atoms with E-state index in [2.05, 4.69) is 22.8 Å². The number of thiazole rings is 1. The van der Waals surface area contributed by atoms with E-state index in [1.54, 1.807) is 11.3 Å². The molecule has 0 atom stereocenters. The lowest BCUT2D eigenvalue weighted by atomic mass is 10.2. The van der Waals surface area contributed by atoms with Crippen molar-refractivity contribution in [3.63, 3.8) is 0 Å². The van der Waals surface area contributed by atoms with Gasteiger partial charge in [-0.05, 0) is 63.2 Å². The summed E-state index contributed by atoms with van der Waals surface area (Å²) in [6.07, 6.45) is -0.446. The van der Waals surface area contributed by atoms with Crippen molar-refractivity contribution >= 4 is 33.3 Å². The maximum atomic E-state index is 11.5. The first-order valence-electron chi connectivity index (χ1n) is 12.4. The summed E-state index contributed by atoms with van der Waals surface area (Å²) in [4.78, 5) is 16.2. The maximum absolute atomic E-state index is 11.5. The van der Waals surface area contributed by atoms with Gasteiger partial charge in [-0.3, -0.25) is 0 Å². The highest BCUT2D eigenvalue weighted by atomic mass is 32.1. The monoisotopic (exact) mass is 531 g/mol. The summed E-state index contributed by atoms with van der Waals surface area (Å²) in [5.74, 6) is 0.798. The zero-order valence-corrected chi connectivity index (χ0v) is 22.8. The fourth-order valence-corrected chi connectivity index (χ4v) is 4.20. The van der Waals surface area contributed by atoms with Crippen molar-refractivity contribution in [3.05, 3.63) is 42.5 Å². The summed E-state index contributed by atoms with van der Waals surface area (Å²) < 4.78 is 28.5. The third-order valence-electron chi connectivity index (χ3n) is 4.94. The lowest BCUT2D eigenvalue weighted by Crippen LogP contribution is -2.34. The molecule has 1 heterocycles. The second-order valence-electron chi connectivity index (χ2n) is 9.09. The number of nitrogens with one attached hydrogen (secondary N) is 2. The number of nitrogens with zero attached hydrogens (tertiary/aromatic N) is 1. The summed E-state index contributed by atoms with van der Waals surface area (Å²) in [5, 5.41) is 6.75. The van der Waals surface area contributed by atoms with Gasteiger partial charge in [0.05, 0.1) is 49.9 Å². The van der Waals surface area contributed by atoms with Crippen molar-refractivity contribution in [3.8, 4) is 16.3 Å². The van der Waals surface area contributed by atoms with Crippen molar-refractivity contribution in [1.82, 2.24) is 10.3 Å². The largest absolute Gasteiger partial charge is 0.491 e. The van der Waals surface area contributed by atoms with Gasteiger partial charge in [-0.1, -0.05) is 0 Å². The minimum Gasteiger partial charge on any atom is -0.491 e. The zero-order valence-electron chi connectivity index (χ0n) is 22.0. The highest BCUT2D eigenvalue weighted by molar-refractivity contribution is 7.21. The predicted octanol–water partition coefficient (Wildman–Crippen LogP) is 4.96. The van der Waals surface area contributed by atoms with Crippen LogP contribution in [0.15, 0.2) is 42.5 Å². The molecule has 1 amide bonds. The highest BCUT2D eigenvalue weighted by Gasteiger charge is 2.15. The molecule has 0 unspecified atom stereocenters. The quantitative estimate of drug-likeness (QED) is 0.266. The van der Waals surface area contributed by atoms with Gasteiger partial charge in [0, 0.05) is 24.8 Å². The highest BCUT2D eigenvalue weighted by Crippen LogP contribution is 2.32. The van der Waals surface area contributed by atoms with Gasteiger partial charge in [0.2, 0.25) is 0 Å². The van der Waals surface area contributed by atoms with Crippen LogP contribution >= 0.6 is 11.3 Å². The van der Waals surface area contributed by atoms with Gasteiger partial charge in [-0.25, -0.2) is 9.78 Å². The number of fused-ring (bicyclic) bond motifs is 1. The molecule has 10 heteroatoms. The van der Waals surface area contributed by atoms with Gasteiger partial charge in [-0.15, -0.1) is 11.3 Å². The molecule has 0 spiro atoms. The fourth-order valence-electron chi connectivity index (χ4n) is 3.20. The van der Waals surface area contributed by atoms with Crippen molar-refractivity contribution in [1.29, 1.82) is 0 Å². The van der Waals surface area contributed by atoms with Crippen LogP contribution in [0, 0.1) is 0 Å². The molecule has 9 nitrogen and oxygen atoms in total. The molecule has 2 N–H and O–H groups in total. The lowest BCUT2D eigenvalue weighted by molar-refractivity contribution is 0.00905. The molecule has 0 aliphatic carbocycles. The van der Waals surface area contributed by atoms with Gasteiger partial charge in [0.25, 0.3) is 0 Å². The molecular weight excluding hydrogens is 494 g/mol. The summed E-state index contributed by atoms with van der Waals surface area (Å²) in [7, 11) is 1.91. The Morgan fingerprint density at radius 2 is 1.54 bits per heavy atom. The first-order valence-corrected chi connectivity index (χ1v) is 13.2. The van der Waals surface area contributed by atoms with E-state index in [1.165, 1.54) is 0 Å². The minimum absolute atomic E-state index is 0.389. The summed E-state index contributed by atoms with van der Waals surface area (Å²) in [6.45, 7) is 9.04. The van der Waals surface area contributed by atoms with E-state index >= 15 is 0 Å². The Balaban J connectivity index is 1.21. The second kappa shape index (κ2) is 14.7. The molecule has 0 radical (unpaired) electrons. The summed E-state index contributed by atoms with van der Waals surface area (Å²) in [6, 6.07) is 14.2. The van der Waals surface area contributed by atoms with Crippen LogP contribution in [-0.2, 0) is 18.9 Å². The number of anilines is 1. The van der Waals surface area contributed by atoms with Crippen molar-refractivity contribution in [2.75, 3.05) is 65.2 Å². The van der Waals surface area contributed by atoms with E-state index in [1.807, 2.05) is 58.2 Å². The first-order chi connectivity index (χ1) is 17.8. The minimum atomic E-state index is -0.506. The van der Waals surface area contributed by atoms with Crippen LogP contribution in [0.4, 0.5) is 10.5 Å². The summed E-state index contributed by atoms with van der Waals surface area (Å²) >= 11 is 1.65. The Hall–Kier alpha value is -2.92. The average molecular weight is 532 g/mol. The van der Waals surface area contributed by atoms with E-state index in [0.29, 0.717) is 52.8 Å². The van der Waals surface area contributed by atoms with Gasteiger partial charge in [-0.2, -0.15) is 0 Å². The summed E-state index contributed by atoms with van der Waals surface area (Å²) in [5.41, 5.74) is 2.63. The number of amides is 1. The maximum Gasteiger partial charge on any atom is 0.407 e. The van der Waals surface area contributed by atoms with Gasteiger partial charge in [0.1, 0.15) is 23.0 Å². The van der Waals surface area contributed by atoms with Crippen molar-refractivity contribution < 1.29 is 28.5 Å². The lowest BCUT2D eigenvalue weighted by Gasteiger charge is -2.19. The number of carbonyl (C=O) groups is 1. The van der Waals surface area contributed by atoms with E-state index in [9.17, 15) is 4.79 Å². The Morgan fingerprint density at radius 1 is 0.892 bits per heavy atom. The number of aromatic nitrogens is 1. The van der Waals surface area contributed by atoms with E-state index in [4.69, 9.17) is 28.7 Å². The molecule has 0 saturated carbocycles. The van der Waals surface area contributed by atoms with E-state index in [0.717, 1.165) is 32.2 Å². The molecule has 0 bridgehead atoms. The number of hydrogen-bond donors (Lipinski definition) is 2. The Labute approximate surface area is 222 Å². The normalized spacial score (nSPS) is 11.5. The topological polar surface area (TPSA) is 100 Å². The first kappa shape index (κ1) is 28.6. The Kier molecular flexibility index (Phi) is 11.4. The molecule has 1 aromatic heterocycles. The third-order valence-corrected chi connectivity index (χ3v) is 6.00. The zero-order chi connectivity index (χ0) is 26.5. The van der Waals surface area contributed by atoms with E-state index in [-0.39, 0.29) is 0 Å². The van der Waals surface area contributed by atoms with Crippen LogP contribution in [-0.4, -0.2) is 76.5 Å². The number of alkyl carbamates (subject to hydrolysis) is 1. The van der Waals surface area contributed by atoms with Crippen LogP contribution in [0.2, 0.25) is 0 Å². The number of benzene rings is 2. The molecule has 0 fully saturated rings. The van der Waals surface area contributed by atoms with E-state index < -0.39 is 11.7 Å². The predicted molar refractivity (Wildman–Crippen MR) is 147 cm³/mol. The van der Waals surface area contributed by atoms with Crippen LogP contribution in [0.1, 0.15) is 20.8 Å². The molecule has 0 aliphatic rings. The molecule has 3 aromatic rings. The van der Waals surface area contributed by atoms with Gasteiger partial charge in [0.15, 0.2) is 0 Å². The van der Waals surface area contributed by atoms with Gasteiger partial charge < -0.3 is 34.3 Å². The van der Waals surface area contributed by atoms with Crippen molar-refractivity contribution in [2.24, 2.45) is 0 Å². The third kappa shape index (κ3) is 10.5. The Bertz CT molecular complexity index is 1100. The smallest absolute Gasteiger partial charge is 0.407 e. The van der Waals surface area contributed by atoms with Crippen molar-refractivity contribution in [2.45, 2.75) is 26.4 Å². The molecule has 0 saturated heterocycles. The molecular formula is C27H37N3O6S. The standard InChI is InChI=1S/C27H37N3O6S/c1-27(2,3)36-26(31)29-11-12-32-13-14-33-15-16-34-17-18-35-22-9-10-23-24(19-22)37-25(30-23)20-5-7-21(28-4)8-6-20/h5-10,19,28H,11-18H2,1-4H3,(H,29,31). The number of ether oxygens (including phenoxy) is 5. The molecule has 3 rings (SSSR count). The molecule has 202 valence electrons. The number of carbonyl (C=O) groups excluding carboxylic acids is 1. The van der Waals surface area contributed by atoms with Crippen LogP contribution in [0.25, 0.3) is 20.8 Å². The molecule has 2 aromatic carbocycles. The fraction of sp³-hybridized carbons (Fsp3) is 0.481. The second-order valence-corrected chi connectivity index (χ2v) is 10.1. The SMILES string of the molecule is CNc1ccc(-c2nc3ccc(OCCOCCOCCOCCNC(=O)OC(C)(C)C)cc3s2)cc1. The number of rotatable bonds is 15. The average Bonchev–Trinajstić information content (AvgIpc) is 3.29. The molecule has 0 aliphatic heterocycles. The van der Waals surface area contributed by atoms with Gasteiger partial charge >= 0.3 is 6.09 Å². The van der Waals surface area contributed by atoms with Crippen LogP contribution in [0.3, 0.4) is 0 Å². The molecule has 37 heavy (non-hydrogen) atoms.